The largest absolute Gasteiger partial charge is 0.472 e. The average Bonchev–Trinajstić information content (AvgIpc) is 3.22. The summed E-state index contributed by atoms with van der Waals surface area (Å²) in [7, 11) is 0. The number of aromatic nitrogens is 8. The SMILES string of the molecule is N#Cc1c(N)ncnc1Cl.N#Cc1c(N)ncnc1OCc1cc2ncccc2nc1-c1cccc(F)c1.OCc1cc2ncccc2nc1-c1cccc(F)c1. The summed E-state index contributed by atoms with van der Waals surface area (Å²) in [5, 5.41) is 27.2. The fourth-order valence-electron chi connectivity index (χ4n) is 5.31. The molecule has 0 atom stereocenters. The van der Waals surface area contributed by atoms with Crippen LogP contribution < -0.4 is 16.2 Å². The molecule has 0 aliphatic heterocycles. The van der Waals surface area contributed by atoms with E-state index in [1.54, 1.807) is 60.9 Å². The van der Waals surface area contributed by atoms with Crippen LogP contribution in [0, 0.1) is 34.3 Å². The average molecular weight is 781 g/mol. The van der Waals surface area contributed by atoms with Crippen molar-refractivity contribution in [3.05, 3.63) is 149 Å². The molecule has 8 aromatic rings. The number of aliphatic hydroxyl groups excluding tert-OH is 1. The summed E-state index contributed by atoms with van der Waals surface area (Å²) in [4.78, 5) is 32.5. The van der Waals surface area contributed by atoms with Crippen LogP contribution in [0.5, 0.6) is 5.88 Å². The predicted molar refractivity (Wildman–Crippen MR) is 207 cm³/mol. The van der Waals surface area contributed by atoms with E-state index in [2.05, 4.69) is 39.9 Å². The van der Waals surface area contributed by atoms with Gasteiger partial charge in [-0.1, -0.05) is 35.9 Å². The molecule has 6 heterocycles. The van der Waals surface area contributed by atoms with E-state index in [1.165, 1.54) is 36.9 Å². The summed E-state index contributed by atoms with van der Waals surface area (Å²) >= 11 is 5.48. The van der Waals surface area contributed by atoms with Gasteiger partial charge >= 0.3 is 0 Å². The summed E-state index contributed by atoms with van der Waals surface area (Å²) in [5.41, 5.74) is 17.6. The maximum Gasteiger partial charge on any atom is 0.237 e. The molecule has 0 radical (unpaired) electrons. The molecular formula is C40H27ClF2N12O2. The van der Waals surface area contributed by atoms with Crippen LogP contribution in [0.2, 0.25) is 5.15 Å². The number of halogens is 3. The van der Waals surface area contributed by atoms with Crippen LogP contribution in [0.25, 0.3) is 44.6 Å². The van der Waals surface area contributed by atoms with Crippen LogP contribution in [-0.4, -0.2) is 45.0 Å². The Bertz CT molecular complexity index is 2800. The second-order valence-electron chi connectivity index (χ2n) is 11.6. The fourth-order valence-corrected chi connectivity index (χ4v) is 5.49. The van der Waals surface area contributed by atoms with Gasteiger partial charge in [0.25, 0.3) is 0 Å². The van der Waals surface area contributed by atoms with Gasteiger partial charge < -0.3 is 21.3 Å². The van der Waals surface area contributed by atoms with E-state index in [0.29, 0.717) is 50.2 Å². The van der Waals surface area contributed by atoms with Gasteiger partial charge in [0.2, 0.25) is 5.88 Å². The van der Waals surface area contributed by atoms with E-state index < -0.39 is 0 Å². The lowest BCUT2D eigenvalue weighted by Gasteiger charge is -2.12. The molecule has 0 aliphatic carbocycles. The maximum absolute atomic E-state index is 13.8. The van der Waals surface area contributed by atoms with Crippen molar-refractivity contribution >= 4 is 45.3 Å². The summed E-state index contributed by atoms with van der Waals surface area (Å²) < 4.78 is 32.8. The van der Waals surface area contributed by atoms with E-state index >= 15 is 0 Å². The van der Waals surface area contributed by atoms with Crippen molar-refractivity contribution in [3.8, 4) is 40.5 Å². The zero-order chi connectivity index (χ0) is 40.3. The Morgan fingerprint density at radius 2 is 1.16 bits per heavy atom. The van der Waals surface area contributed by atoms with Gasteiger partial charge in [-0.25, -0.2) is 38.7 Å². The summed E-state index contributed by atoms with van der Waals surface area (Å²) in [6, 6.07) is 26.9. The Morgan fingerprint density at radius 3 is 1.67 bits per heavy atom. The molecule has 0 aliphatic rings. The second kappa shape index (κ2) is 18.0. The van der Waals surface area contributed by atoms with E-state index in [-0.39, 0.29) is 58.6 Å². The minimum absolute atomic E-state index is 0.0381. The third-order valence-electron chi connectivity index (χ3n) is 7.95. The molecule has 0 bridgehead atoms. The van der Waals surface area contributed by atoms with Crippen molar-refractivity contribution < 1.29 is 18.6 Å². The third kappa shape index (κ3) is 9.30. The number of hydrogen-bond acceptors (Lipinski definition) is 14. The van der Waals surface area contributed by atoms with Gasteiger partial charge in [-0.3, -0.25) is 9.97 Å². The molecule has 2 aromatic carbocycles. The Kier molecular flexibility index (Phi) is 12.3. The number of nitrogens with two attached hydrogens (primary N) is 2. The van der Waals surface area contributed by atoms with Crippen LogP contribution in [0.1, 0.15) is 22.3 Å². The molecule has 280 valence electrons. The maximum atomic E-state index is 13.8. The van der Waals surface area contributed by atoms with Gasteiger partial charge in [0.15, 0.2) is 10.7 Å². The van der Waals surface area contributed by atoms with E-state index in [1.807, 2.05) is 24.3 Å². The smallest absolute Gasteiger partial charge is 0.237 e. The van der Waals surface area contributed by atoms with Crippen molar-refractivity contribution in [2.24, 2.45) is 0 Å². The highest BCUT2D eigenvalue weighted by atomic mass is 35.5. The Balaban J connectivity index is 0.000000162. The monoisotopic (exact) mass is 780 g/mol. The first-order valence-electron chi connectivity index (χ1n) is 16.6. The lowest BCUT2D eigenvalue weighted by molar-refractivity contribution is 0.282. The number of nitrogens with zero attached hydrogens (tertiary/aromatic N) is 10. The van der Waals surface area contributed by atoms with Crippen molar-refractivity contribution in [1.29, 1.82) is 10.5 Å². The summed E-state index contributed by atoms with van der Waals surface area (Å²) in [6.07, 6.45) is 5.76. The van der Waals surface area contributed by atoms with E-state index in [0.717, 1.165) is 5.52 Å². The van der Waals surface area contributed by atoms with Crippen LogP contribution >= 0.6 is 11.6 Å². The lowest BCUT2D eigenvalue weighted by Crippen LogP contribution is -2.05. The molecule has 0 saturated carbocycles. The van der Waals surface area contributed by atoms with Gasteiger partial charge in [0.1, 0.15) is 60.2 Å². The molecule has 57 heavy (non-hydrogen) atoms. The van der Waals surface area contributed by atoms with Crippen LogP contribution in [0.4, 0.5) is 20.4 Å². The molecule has 5 N–H and O–H groups in total. The standard InChI is InChI=1S/C20H13FN6O.C15H11FN2O.C5H3ClN4/c21-14-4-1-3-12(7-14)18-13(8-17-16(27-18)5-2-6-24-17)10-28-20-15(9-22)19(23)25-11-26-20;16-12-4-1-3-10(7-12)15-11(9-19)8-14-13(18-15)5-2-6-17-14;6-4-3(1-7)5(8)10-2-9-4/h1-8,11H,10H2,(H2,23,25,26);1-8,19H,9H2;2H,(H2,8,9,10). The normalized spacial score (nSPS) is 10.4. The first kappa shape index (κ1) is 38.9. The van der Waals surface area contributed by atoms with E-state index in [4.69, 9.17) is 33.1 Å². The zero-order valence-corrected chi connectivity index (χ0v) is 30.2. The van der Waals surface area contributed by atoms with Crippen molar-refractivity contribution in [3.63, 3.8) is 0 Å². The molecule has 17 heteroatoms. The molecule has 8 rings (SSSR count). The number of benzene rings is 2. The number of anilines is 2. The van der Waals surface area contributed by atoms with Gasteiger partial charge in [-0.2, -0.15) is 10.5 Å². The van der Waals surface area contributed by atoms with Gasteiger partial charge in [0.05, 0.1) is 40.1 Å². The minimum Gasteiger partial charge on any atom is -0.472 e. The number of pyridine rings is 4. The Morgan fingerprint density at radius 1 is 0.632 bits per heavy atom. The topological polar surface area (TPSA) is 232 Å². The minimum atomic E-state index is -0.368. The highest BCUT2D eigenvalue weighted by molar-refractivity contribution is 6.30. The molecule has 0 saturated heterocycles. The molecule has 6 aromatic heterocycles. The fraction of sp³-hybridized carbons (Fsp3) is 0.0500. The summed E-state index contributed by atoms with van der Waals surface area (Å²) in [6.45, 7) is -0.123. The lowest BCUT2D eigenvalue weighted by atomic mass is 10.0. The number of ether oxygens (including phenoxy) is 1. The number of hydrogen-bond donors (Lipinski definition) is 3. The van der Waals surface area contributed by atoms with Crippen LogP contribution in [0.15, 0.2) is 110 Å². The first-order chi connectivity index (χ1) is 27.7. The Hall–Kier alpha value is -7.79. The van der Waals surface area contributed by atoms with Crippen molar-refractivity contribution in [2.75, 3.05) is 11.5 Å². The summed E-state index contributed by atoms with van der Waals surface area (Å²) in [5.74, 6) is -0.470. The number of fused-ring (bicyclic) bond motifs is 2. The predicted octanol–water partition coefficient (Wildman–Crippen LogP) is 6.77. The highest BCUT2D eigenvalue weighted by Gasteiger charge is 2.15. The molecule has 0 spiro atoms. The van der Waals surface area contributed by atoms with Gasteiger partial charge in [-0.15, -0.1) is 0 Å². The quantitative estimate of drug-likeness (QED) is 0.148. The van der Waals surface area contributed by atoms with Crippen molar-refractivity contribution in [2.45, 2.75) is 13.2 Å². The number of aliphatic hydroxyl groups is 1. The third-order valence-corrected chi connectivity index (χ3v) is 8.24. The van der Waals surface area contributed by atoms with Crippen LogP contribution in [-0.2, 0) is 13.2 Å². The first-order valence-corrected chi connectivity index (χ1v) is 17.0. The van der Waals surface area contributed by atoms with Crippen molar-refractivity contribution in [1.82, 2.24) is 39.9 Å². The molecule has 0 unspecified atom stereocenters. The molecule has 14 nitrogen and oxygen atoms in total. The molecule has 0 fully saturated rings. The molecule has 0 amide bonds. The molecular weight excluding hydrogens is 754 g/mol. The number of rotatable bonds is 6. The second-order valence-corrected chi connectivity index (χ2v) is 12.0. The number of nitrogen functional groups attached to an aromatic ring is 2. The zero-order valence-electron chi connectivity index (χ0n) is 29.4. The van der Waals surface area contributed by atoms with Gasteiger partial charge in [0, 0.05) is 34.6 Å². The van der Waals surface area contributed by atoms with Crippen LogP contribution in [0.3, 0.4) is 0 Å². The van der Waals surface area contributed by atoms with Gasteiger partial charge in [-0.05, 0) is 60.7 Å². The highest BCUT2D eigenvalue weighted by Crippen LogP contribution is 2.28. The number of nitriles is 2. The Labute approximate surface area is 327 Å². The van der Waals surface area contributed by atoms with E-state index in [9.17, 15) is 19.1 Å².